The average Bonchev–Trinajstić information content (AvgIpc) is 2.89. The topological polar surface area (TPSA) is 41.6 Å². The lowest BCUT2D eigenvalue weighted by atomic mass is 9.80. The van der Waals surface area contributed by atoms with E-state index in [4.69, 9.17) is 4.74 Å². The summed E-state index contributed by atoms with van der Waals surface area (Å²) in [6, 6.07) is 8.62. The molecule has 1 aromatic rings. The quantitative estimate of drug-likeness (QED) is 0.917. The minimum absolute atomic E-state index is 0.244. The van der Waals surface area contributed by atoms with Crippen molar-refractivity contribution >= 4 is 17.5 Å². The van der Waals surface area contributed by atoms with E-state index < -0.39 is 0 Å². The predicted octanol–water partition coefficient (Wildman–Crippen LogP) is 3.88. The SMILES string of the molecule is CC1CCC(Nc2cccc(N3CCOC3=O)c2)C(C)C1. The molecule has 0 radical (unpaired) electrons. The lowest BCUT2D eigenvalue weighted by molar-refractivity contribution is 0.181. The molecule has 1 aliphatic heterocycles. The average molecular weight is 288 g/mol. The molecule has 0 spiro atoms. The molecule has 1 saturated heterocycles. The molecule has 0 bridgehead atoms. The number of anilines is 2. The van der Waals surface area contributed by atoms with Crippen molar-refractivity contribution in [2.45, 2.75) is 39.2 Å². The van der Waals surface area contributed by atoms with Crippen molar-refractivity contribution in [2.75, 3.05) is 23.4 Å². The number of hydrogen-bond acceptors (Lipinski definition) is 3. The Morgan fingerprint density at radius 3 is 2.86 bits per heavy atom. The number of carbonyl (C=O) groups is 1. The molecule has 1 heterocycles. The fourth-order valence-electron chi connectivity index (χ4n) is 3.49. The van der Waals surface area contributed by atoms with Crippen molar-refractivity contribution in [1.29, 1.82) is 0 Å². The van der Waals surface area contributed by atoms with Crippen LogP contribution in [0.3, 0.4) is 0 Å². The van der Waals surface area contributed by atoms with Crippen LogP contribution < -0.4 is 10.2 Å². The summed E-state index contributed by atoms with van der Waals surface area (Å²) in [4.78, 5) is 13.3. The van der Waals surface area contributed by atoms with Crippen LogP contribution in [0.25, 0.3) is 0 Å². The minimum Gasteiger partial charge on any atom is -0.447 e. The van der Waals surface area contributed by atoms with Crippen LogP contribution in [0.2, 0.25) is 0 Å². The smallest absolute Gasteiger partial charge is 0.414 e. The first-order chi connectivity index (χ1) is 10.1. The summed E-state index contributed by atoms with van der Waals surface area (Å²) in [5, 5.41) is 3.65. The zero-order chi connectivity index (χ0) is 14.8. The Labute approximate surface area is 126 Å². The normalized spacial score (nSPS) is 29.3. The molecule has 1 aliphatic carbocycles. The van der Waals surface area contributed by atoms with Crippen molar-refractivity contribution in [3.63, 3.8) is 0 Å². The maximum Gasteiger partial charge on any atom is 0.414 e. The van der Waals surface area contributed by atoms with Crippen LogP contribution in [0.1, 0.15) is 33.1 Å². The number of amides is 1. The summed E-state index contributed by atoms with van der Waals surface area (Å²) in [5.74, 6) is 1.53. The molecule has 1 saturated carbocycles. The third-order valence-corrected chi connectivity index (χ3v) is 4.70. The van der Waals surface area contributed by atoms with Crippen LogP contribution in [-0.4, -0.2) is 25.3 Å². The van der Waals surface area contributed by atoms with Gasteiger partial charge in [-0.2, -0.15) is 0 Å². The van der Waals surface area contributed by atoms with E-state index in [0.717, 1.165) is 17.3 Å². The largest absolute Gasteiger partial charge is 0.447 e. The second-order valence-electron chi connectivity index (χ2n) is 6.46. The first kappa shape index (κ1) is 14.2. The molecule has 2 fully saturated rings. The highest BCUT2D eigenvalue weighted by Gasteiger charge is 2.26. The number of carbonyl (C=O) groups excluding carboxylic acids is 1. The Balaban J connectivity index is 1.70. The molecular formula is C17H24N2O2. The van der Waals surface area contributed by atoms with E-state index in [-0.39, 0.29) is 6.09 Å². The van der Waals surface area contributed by atoms with Crippen LogP contribution in [0.4, 0.5) is 16.2 Å². The minimum atomic E-state index is -0.244. The van der Waals surface area contributed by atoms with Crippen LogP contribution in [-0.2, 0) is 4.74 Å². The van der Waals surface area contributed by atoms with Crippen molar-refractivity contribution in [3.8, 4) is 0 Å². The Hall–Kier alpha value is -1.71. The lowest BCUT2D eigenvalue weighted by Crippen LogP contribution is -2.33. The molecule has 0 aromatic heterocycles. The van der Waals surface area contributed by atoms with Gasteiger partial charge in [-0.3, -0.25) is 4.90 Å². The molecule has 21 heavy (non-hydrogen) atoms. The lowest BCUT2D eigenvalue weighted by Gasteiger charge is -2.34. The molecule has 1 N–H and O–H groups in total. The van der Waals surface area contributed by atoms with E-state index in [1.165, 1.54) is 19.3 Å². The number of hydrogen-bond donors (Lipinski definition) is 1. The van der Waals surface area contributed by atoms with E-state index in [1.807, 2.05) is 12.1 Å². The van der Waals surface area contributed by atoms with Crippen LogP contribution >= 0.6 is 0 Å². The standard InChI is InChI=1S/C17H24N2O2/c1-12-6-7-16(13(2)10-12)18-14-4-3-5-15(11-14)19-8-9-21-17(19)20/h3-5,11-13,16,18H,6-10H2,1-2H3. The zero-order valence-corrected chi connectivity index (χ0v) is 12.8. The van der Waals surface area contributed by atoms with Crippen LogP contribution in [0.5, 0.6) is 0 Å². The van der Waals surface area contributed by atoms with Gasteiger partial charge in [0, 0.05) is 17.4 Å². The summed E-state index contributed by atoms with van der Waals surface area (Å²) in [7, 11) is 0. The number of benzene rings is 1. The van der Waals surface area contributed by atoms with Gasteiger partial charge in [-0.15, -0.1) is 0 Å². The highest BCUT2D eigenvalue weighted by molar-refractivity contribution is 5.89. The molecule has 3 atom stereocenters. The van der Waals surface area contributed by atoms with Gasteiger partial charge >= 0.3 is 6.09 Å². The first-order valence-electron chi connectivity index (χ1n) is 7.94. The number of ether oxygens (including phenoxy) is 1. The maximum absolute atomic E-state index is 11.6. The van der Waals surface area contributed by atoms with Gasteiger partial charge in [0.05, 0.1) is 6.54 Å². The van der Waals surface area contributed by atoms with Crippen molar-refractivity contribution in [2.24, 2.45) is 11.8 Å². The second-order valence-corrected chi connectivity index (χ2v) is 6.46. The molecule has 114 valence electrons. The molecule has 3 rings (SSSR count). The molecular weight excluding hydrogens is 264 g/mol. The monoisotopic (exact) mass is 288 g/mol. The van der Waals surface area contributed by atoms with Gasteiger partial charge in [-0.1, -0.05) is 19.9 Å². The first-order valence-corrected chi connectivity index (χ1v) is 7.94. The maximum atomic E-state index is 11.6. The predicted molar refractivity (Wildman–Crippen MR) is 84.7 cm³/mol. The summed E-state index contributed by atoms with van der Waals surface area (Å²) in [5.41, 5.74) is 2.01. The molecule has 4 heteroatoms. The van der Waals surface area contributed by atoms with E-state index >= 15 is 0 Å². The highest BCUT2D eigenvalue weighted by atomic mass is 16.6. The summed E-state index contributed by atoms with van der Waals surface area (Å²) < 4.78 is 5.01. The van der Waals surface area contributed by atoms with Crippen molar-refractivity contribution in [1.82, 2.24) is 0 Å². The molecule has 2 aliphatic rings. The van der Waals surface area contributed by atoms with Gasteiger partial charge in [0.15, 0.2) is 0 Å². The number of rotatable bonds is 3. The number of nitrogens with one attached hydrogen (secondary N) is 1. The third kappa shape index (κ3) is 3.14. The van der Waals surface area contributed by atoms with E-state index in [2.05, 4.69) is 31.3 Å². The molecule has 4 nitrogen and oxygen atoms in total. The Morgan fingerprint density at radius 2 is 2.14 bits per heavy atom. The molecule has 1 amide bonds. The summed E-state index contributed by atoms with van der Waals surface area (Å²) in [6.45, 7) is 5.79. The summed E-state index contributed by atoms with van der Waals surface area (Å²) in [6.07, 6.45) is 3.56. The number of cyclic esters (lactones) is 1. The number of nitrogens with zero attached hydrogens (tertiary/aromatic N) is 1. The zero-order valence-electron chi connectivity index (χ0n) is 12.8. The second kappa shape index (κ2) is 5.96. The van der Waals surface area contributed by atoms with Gasteiger partial charge in [0.25, 0.3) is 0 Å². The molecule has 3 unspecified atom stereocenters. The fourth-order valence-corrected chi connectivity index (χ4v) is 3.49. The molecule has 1 aromatic carbocycles. The van der Waals surface area contributed by atoms with Gasteiger partial charge in [-0.25, -0.2) is 4.79 Å². The van der Waals surface area contributed by atoms with Crippen molar-refractivity contribution in [3.05, 3.63) is 24.3 Å². The van der Waals surface area contributed by atoms with E-state index in [0.29, 0.717) is 25.1 Å². The van der Waals surface area contributed by atoms with E-state index in [1.54, 1.807) is 4.90 Å². The van der Waals surface area contributed by atoms with Crippen molar-refractivity contribution < 1.29 is 9.53 Å². The van der Waals surface area contributed by atoms with Crippen LogP contribution in [0, 0.1) is 11.8 Å². The third-order valence-electron chi connectivity index (χ3n) is 4.70. The Morgan fingerprint density at radius 1 is 1.29 bits per heavy atom. The van der Waals surface area contributed by atoms with Gasteiger partial charge in [0.2, 0.25) is 0 Å². The van der Waals surface area contributed by atoms with E-state index in [9.17, 15) is 4.79 Å². The van der Waals surface area contributed by atoms with Gasteiger partial charge < -0.3 is 10.1 Å². The van der Waals surface area contributed by atoms with Crippen LogP contribution in [0.15, 0.2) is 24.3 Å². The summed E-state index contributed by atoms with van der Waals surface area (Å²) >= 11 is 0. The Bertz CT molecular complexity index is 517. The highest BCUT2D eigenvalue weighted by Crippen LogP contribution is 2.31. The Kier molecular flexibility index (Phi) is 4.04. The fraction of sp³-hybridized carbons (Fsp3) is 0.588. The van der Waals surface area contributed by atoms with Gasteiger partial charge in [0.1, 0.15) is 6.61 Å². The van der Waals surface area contributed by atoms with Gasteiger partial charge in [-0.05, 0) is 49.3 Å².